The predicted octanol–water partition coefficient (Wildman–Crippen LogP) is 1.92. The van der Waals surface area contributed by atoms with Gasteiger partial charge in [-0.25, -0.2) is 4.39 Å². The first-order valence-corrected chi connectivity index (χ1v) is 18.8. The summed E-state index contributed by atoms with van der Waals surface area (Å²) in [6, 6.07) is -0.373. The van der Waals surface area contributed by atoms with Crippen molar-refractivity contribution in [2.24, 2.45) is 29.6 Å². The molecule has 2 N–H and O–H groups in total. The summed E-state index contributed by atoms with van der Waals surface area (Å²) < 4.78 is 28.7. The summed E-state index contributed by atoms with van der Waals surface area (Å²) in [5.74, 6) is 0.0857. The second kappa shape index (κ2) is 13.4. The number of hydrogen-bond acceptors (Lipinski definition) is 9. The maximum atomic E-state index is 16.3. The molecule has 10 nitrogen and oxygen atoms in total. The minimum absolute atomic E-state index is 0.00383. The number of alkyl halides is 1. The van der Waals surface area contributed by atoms with Gasteiger partial charge in [-0.3, -0.25) is 19.3 Å². The molecule has 0 aromatic rings. The first-order chi connectivity index (χ1) is 22.9. The molecule has 8 aliphatic rings. The Labute approximate surface area is 278 Å². The largest absolute Gasteiger partial charge is 0.379 e. The number of rotatable bonds is 8. The van der Waals surface area contributed by atoms with Gasteiger partial charge in [0.1, 0.15) is 12.0 Å². The van der Waals surface area contributed by atoms with Crippen LogP contribution < -0.4 is 10.6 Å². The lowest BCUT2D eigenvalue weighted by molar-refractivity contribution is -0.206. The summed E-state index contributed by atoms with van der Waals surface area (Å²) in [5, 5.41) is 6.57. The van der Waals surface area contributed by atoms with Gasteiger partial charge in [0, 0.05) is 56.2 Å². The molecule has 0 spiro atoms. The lowest BCUT2D eigenvalue weighted by atomic mass is 9.66. The first kappa shape index (κ1) is 32.3. The molecule has 12 atom stereocenters. The van der Waals surface area contributed by atoms with Gasteiger partial charge < -0.3 is 29.9 Å². The van der Waals surface area contributed by atoms with E-state index in [1.54, 1.807) is 0 Å². The molecule has 4 heterocycles. The van der Waals surface area contributed by atoms with E-state index >= 15 is 4.39 Å². The van der Waals surface area contributed by atoms with Crippen molar-refractivity contribution in [1.82, 2.24) is 25.3 Å². The summed E-state index contributed by atoms with van der Waals surface area (Å²) in [7, 11) is 2.16. The second-order valence-electron chi connectivity index (χ2n) is 15.9. The molecule has 0 aromatic carbocycles. The predicted molar refractivity (Wildman–Crippen MR) is 173 cm³/mol. The van der Waals surface area contributed by atoms with E-state index in [2.05, 4.69) is 32.4 Å². The van der Waals surface area contributed by atoms with Crippen LogP contribution in [0.3, 0.4) is 0 Å². The number of ether oxygens (including phenoxy) is 2. The van der Waals surface area contributed by atoms with Crippen molar-refractivity contribution in [2.75, 3.05) is 59.5 Å². The number of hydrogen-bond donors (Lipinski definition) is 2. The van der Waals surface area contributed by atoms with Crippen LogP contribution in [0.4, 0.5) is 4.39 Å². The summed E-state index contributed by atoms with van der Waals surface area (Å²) in [4.78, 5) is 48.3. The number of carbonyl (C=O) groups excluding carboxylic acids is 3. The van der Waals surface area contributed by atoms with Crippen LogP contribution in [0.5, 0.6) is 0 Å². The van der Waals surface area contributed by atoms with Gasteiger partial charge in [-0.1, -0.05) is 12.8 Å². The van der Waals surface area contributed by atoms with Crippen LogP contribution >= 0.6 is 0 Å². The Kier molecular flexibility index (Phi) is 9.22. The van der Waals surface area contributed by atoms with Gasteiger partial charge in [0.05, 0.1) is 49.1 Å². The number of halogens is 1. The molecule has 47 heavy (non-hydrogen) atoms. The zero-order valence-electron chi connectivity index (χ0n) is 28.0. The fourth-order valence-electron chi connectivity index (χ4n) is 11.2. The molecular weight excluding hydrogens is 601 g/mol. The van der Waals surface area contributed by atoms with E-state index in [9.17, 15) is 14.4 Å². The summed E-state index contributed by atoms with van der Waals surface area (Å²) in [6.45, 7) is 5.98. The van der Waals surface area contributed by atoms with Gasteiger partial charge in [-0.05, 0) is 83.3 Å². The van der Waals surface area contributed by atoms with Crippen molar-refractivity contribution in [2.45, 2.75) is 107 Å². The number of likely N-dealkylation sites (tertiary alicyclic amines) is 1. The number of morpholine rings is 2. The quantitative estimate of drug-likeness (QED) is 0.380. The first-order valence-electron chi connectivity index (χ1n) is 18.8. The van der Waals surface area contributed by atoms with E-state index < -0.39 is 24.2 Å². The minimum Gasteiger partial charge on any atom is -0.379 e. The van der Waals surface area contributed by atoms with Gasteiger partial charge in [-0.15, -0.1) is 0 Å². The Morgan fingerprint density at radius 2 is 1.79 bits per heavy atom. The molecule has 0 radical (unpaired) electrons. The summed E-state index contributed by atoms with van der Waals surface area (Å²) in [6.07, 6.45) is 9.12. The van der Waals surface area contributed by atoms with Crippen molar-refractivity contribution in [3.05, 3.63) is 11.8 Å². The highest BCUT2D eigenvalue weighted by Gasteiger charge is 2.62. The van der Waals surface area contributed by atoms with E-state index in [-0.39, 0.29) is 53.7 Å². The van der Waals surface area contributed by atoms with Gasteiger partial charge in [-0.2, -0.15) is 0 Å². The molecule has 4 saturated carbocycles. The van der Waals surface area contributed by atoms with Gasteiger partial charge in [0.25, 0.3) is 5.91 Å². The lowest BCUT2D eigenvalue weighted by Crippen LogP contribution is -2.73. The van der Waals surface area contributed by atoms with Crippen LogP contribution in [0.1, 0.15) is 64.2 Å². The standard InChI is InChI=1S/C36H54FN5O5/c1-40-11-4-5-21(40)8-9-38-31-28(37)17-26-32-35(31)47-30-19-25-24(22-6-2-3-7-23(22)33(25)43)18-29(30)42(32)20-27(34(26)44)36(45)39-10-12-41-13-15-46-16-14-41/h20-26,28-32,35,38H,2-19H2,1H3,(H,39,45). The Balaban J connectivity index is 1.05. The van der Waals surface area contributed by atoms with Crippen molar-refractivity contribution in [1.29, 1.82) is 0 Å². The SMILES string of the molecule is CN1CCCC1CCNC1C(F)CC2C(=O)C(C(=O)NCCN3CCOCC3)=CN3C4CC5C(CC4OC1C23)C(=O)C1CCCCC15. The molecule has 1 amide bonds. The summed E-state index contributed by atoms with van der Waals surface area (Å²) in [5.41, 5.74) is 0.149. The van der Waals surface area contributed by atoms with Gasteiger partial charge in [0.15, 0.2) is 5.78 Å². The Hall–Kier alpha value is -1.92. The monoisotopic (exact) mass is 655 g/mol. The third-order valence-electron chi connectivity index (χ3n) is 13.5. The van der Waals surface area contributed by atoms with Gasteiger partial charge in [0.2, 0.25) is 0 Å². The number of nitrogens with zero attached hydrogens (tertiary/aromatic N) is 3. The molecule has 11 heteroatoms. The van der Waals surface area contributed by atoms with E-state index in [4.69, 9.17) is 9.47 Å². The molecule has 7 fully saturated rings. The average molecular weight is 656 g/mol. The van der Waals surface area contributed by atoms with Crippen LogP contribution in [0.15, 0.2) is 11.8 Å². The molecule has 12 unspecified atom stereocenters. The number of ketones is 2. The average Bonchev–Trinajstić information content (AvgIpc) is 3.62. The zero-order valence-corrected chi connectivity index (χ0v) is 28.0. The fourth-order valence-corrected chi connectivity index (χ4v) is 11.2. The fraction of sp³-hybridized carbons (Fsp3) is 0.861. The van der Waals surface area contributed by atoms with Crippen LogP contribution in [0, 0.1) is 29.6 Å². The van der Waals surface area contributed by atoms with Crippen LogP contribution in [0.2, 0.25) is 0 Å². The Bertz CT molecular complexity index is 1240. The molecule has 8 rings (SSSR count). The summed E-state index contributed by atoms with van der Waals surface area (Å²) >= 11 is 0. The smallest absolute Gasteiger partial charge is 0.256 e. The van der Waals surface area contributed by atoms with Crippen LogP contribution in [-0.4, -0.2) is 134 Å². The van der Waals surface area contributed by atoms with Crippen molar-refractivity contribution in [3.63, 3.8) is 0 Å². The highest BCUT2D eigenvalue weighted by Crippen LogP contribution is 2.56. The normalized spacial score (nSPS) is 43.5. The lowest BCUT2D eigenvalue weighted by Gasteiger charge is -2.60. The minimum atomic E-state index is -1.26. The third-order valence-corrected chi connectivity index (χ3v) is 13.5. The number of Topliss-reactive ketones (excluding diaryl/α,β-unsaturated/α-hetero) is 2. The molecule has 260 valence electrons. The number of amides is 1. The maximum absolute atomic E-state index is 16.3. The van der Waals surface area contributed by atoms with Gasteiger partial charge >= 0.3 is 0 Å². The van der Waals surface area contributed by atoms with E-state index in [1.807, 2.05) is 6.20 Å². The molecular formula is C36H54FN5O5. The topological polar surface area (TPSA) is 103 Å². The maximum Gasteiger partial charge on any atom is 0.256 e. The van der Waals surface area contributed by atoms with Crippen molar-refractivity contribution >= 4 is 17.5 Å². The second-order valence-corrected chi connectivity index (χ2v) is 15.9. The number of fused-ring (bicyclic) bond motifs is 5. The molecule has 4 aliphatic carbocycles. The van der Waals surface area contributed by atoms with E-state index in [0.717, 1.165) is 51.7 Å². The third kappa shape index (κ3) is 5.89. The molecule has 4 aliphatic heterocycles. The highest BCUT2D eigenvalue weighted by molar-refractivity contribution is 6.20. The van der Waals surface area contributed by atoms with E-state index in [1.165, 1.54) is 19.3 Å². The zero-order chi connectivity index (χ0) is 32.2. The molecule has 0 bridgehead atoms. The Morgan fingerprint density at radius 3 is 2.60 bits per heavy atom. The van der Waals surface area contributed by atoms with Crippen LogP contribution in [-0.2, 0) is 23.9 Å². The molecule has 3 saturated heterocycles. The number of nitrogens with one attached hydrogen (secondary N) is 2. The van der Waals surface area contributed by atoms with E-state index in [0.29, 0.717) is 62.9 Å². The van der Waals surface area contributed by atoms with Crippen LogP contribution in [0.25, 0.3) is 0 Å². The van der Waals surface area contributed by atoms with Crippen molar-refractivity contribution < 1.29 is 28.2 Å². The Morgan fingerprint density at radius 1 is 0.957 bits per heavy atom. The number of carbonyl (C=O) groups is 3. The highest BCUT2D eigenvalue weighted by atomic mass is 19.1. The molecule has 0 aromatic heterocycles. The van der Waals surface area contributed by atoms with Crippen molar-refractivity contribution in [3.8, 4) is 0 Å².